The van der Waals surface area contributed by atoms with Gasteiger partial charge in [0.1, 0.15) is 11.5 Å². The molecule has 24 heavy (non-hydrogen) atoms. The Hall–Kier alpha value is -2.56. The molecule has 1 amide bonds. The molecule has 0 radical (unpaired) electrons. The second-order valence-electron chi connectivity index (χ2n) is 6.16. The first kappa shape index (κ1) is 16.3. The van der Waals surface area contributed by atoms with Crippen LogP contribution < -0.4 is 9.47 Å². The number of pyridine rings is 1. The van der Waals surface area contributed by atoms with Crippen LogP contribution in [0.1, 0.15) is 22.4 Å². The average Bonchev–Trinajstić information content (AvgIpc) is 3.01. The van der Waals surface area contributed by atoms with E-state index in [-0.39, 0.29) is 5.91 Å². The van der Waals surface area contributed by atoms with E-state index in [4.69, 9.17) is 9.47 Å². The van der Waals surface area contributed by atoms with Gasteiger partial charge in [0.05, 0.1) is 19.3 Å². The van der Waals surface area contributed by atoms with Gasteiger partial charge in [-0.05, 0) is 25.5 Å². The smallest absolute Gasteiger partial charge is 0.264 e. The summed E-state index contributed by atoms with van der Waals surface area (Å²) < 4.78 is 11.2. The summed E-state index contributed by atoms with van der Waals surface area (Å²) in [5.74, 6) is 1.59. The maximum atomic E-state index is 12.7. The van der Waals surface area contributed by atoms with Crippen LogP contribution in [0.25, 0.3) is 0 Å². The van der Waals surface area contributed by atoms with Gasteiger partial charge in [-0.1, -0.05) is 18.2 Å². The van der Waals surface area contributed by atoms with Crippen LogP contribution in [0.15, 0.2) is 30.5 Å². The van der Waals surface area contributed by atoms with E-state index >= 15 is 0 Å². The Kier molecular flexibility index (Phi) is 4.42. The number of hydrogen-bond acceptors (Lipinski definition) is 4. The molecular formula is C19H22N2O3. The summed E-state index contributed by atoms with van der Waals surface area (Å²) in [5, 5.41) is 0. The topological polar surface area (TPSA) is 51.7 Å². The Morgan fingerprint density at radius 2 is 2.12 bits per heavy atom. The van der Waals surface area contributed by atoms with Gasteiger partial charge in [0.2, 0.25) is 0 Å². The number of benzene rings is 1. The predicted octanol–water partition coefficient (Wildman–Crippen LogP) is 2.67. The van der Waals surface area contributed by atoms with Gasteiger partial charge in [0.25, 0.3) is 5.91 Å². The molecule has 1 unspecified atom stereocenters. The lowest BCUT2D eigenvalue weighted by atomic mass is 10.1. The lowest BCUT2D eigenvalue weighted by Gasteiger charge is -2.22. The molecule has 1 aromatic heterocycles. The van der Waals surface area contributed by atoms with E-state index in [2.05, 4.69) is 4.98 Å². The number of ether oxygens (including phenoxy) is 2. The molecule has 1 atom stereocenters. The van der Waals surface area contributed by atoms with E-state index in [1.54, 1.807) is 25.3 Å². The highest BCUT2D eigenvalue weighted by Gasteiger charge is 2.31. The monoisotopic (exact) mass is 326 g/mol. The molecule has 1 aliphatic heterocycles. The van der Waals surface area contributed by atoms with Crippen molar-refractivity contribution in [3.8, 4) is 11.5 Å². The number of rotatable bonds is 4. The normalized spacial score (nSPS) is 15.6. The summed E-state index contributed by atoms with van der Waals surface area (Å²) in [6, 6.07) is 7.78. The van der Waals surface area contributed by atoms with Crippen molar-refractivity contribution in [2.24, 2.45) is 0 Å². The molecule has 0 aliphatic carbocycles. The zero-order valence-corrected chi connectivity index (χ0v) is 14.5. The molecule has 0 N–H and O–H groups in total. The van der Waals surface area contributed by atoms with Gasteiger partial charge in [0.15, 0.2) is 6.10 Å². The number of para-hydroxylation sites is 1. The highest BCUT2D eigenvalue weighted by Crippen LogP contribution is 2.29. The molecule has 5 heteroatoms. The fourth-order valence-corrected chi connectivity index (χ4v) is 3.10. The van der Waals surface area contributed by atoms with Crippen molar-refractivity contribution >= 4 is 5.91 Å². The standard InChI is InChI=1S/C19H22N2O3/c1-12-10-20-15(13(2)18(12)23-4)11-21(3)19(22)17-9-14-7-5-6-8-16(14)24-17/h5-8,10,17H,9,11H2,1-4H3. The van der Waals surface area contributed by atoms with Gasteiger partial charge in [-0.3, -0.25) is 9.78 Å². The third-order valence-corrected chi connectivity index (χ3v) is 4.44. The summed E-state index contributed by atoms with van der Waals surface area (Å²) in [5.41, 5.74) is 3.87. The highest BCUT2D eigenvalue weighted by molar-refractivity contribution is 5.82. The molecule has 2 aromatic rings. The largest absolute Gasteiger partial charge is 0.496 e. The van der Waals surface area contributed by atoms with Gasteiger partial charge in [-0.15, -0.1) is 0 Å². The predicted molar refractivity (Wildman–Crippen MR) is 91.3 cm³/mol. The summed E-state index contributed by atoms with van der Waals surface area (Å²) in [6.45, 7) is 4.35. The average molecular weight is 326 g/mol. The van der Waals surface area contributed by atoms with Crippen LogP contribution in [0.2, 0.25) is 0 Å². The van der Waals surface area contributed by atoms with Crippen molar-refractivity contribution in [1.82, 2.24) is 9.88 Å². The van der Waals surface area contributed by atoms with Crippen molar-refractivity contribution < 1.29 is 14.3 Å². The van der Waals surface area contributed by atoms with Crippen molar-refractivity contribution in [3.63, 3.8) is 0 Å². The summed E-state index contributed by atoms with van der Waals surface area (Å²) in [6.07, 6.45) is 1.93. The van der Waals surface area contributed by atoms with Gasteiger partial charge in [-0.25, -0.2) is 0 Å². The Balaban J connectivity index is 1.72. The fraction of sp³-hybridized carbons (Fsp3) is 0.368. The van der Waals surface area contributed by atoms with Gasteiger partial charge in [-0.2, -0.15) is 0 Å². The van der Waals surface area contributed by atoms with E-state index in [1.165, 1.54) is 0 Å². The number of amides is 1. The summed E-state index contributed by atoms with van der Waals surface area (Å²) in [4.78, 5) is 18.8. The van der Waals surface area contributed by atoms with Crippen molar-refractivity contribution in [1.29, 1.82) is 0 Å². The van der Waals surface area contributed by atoms with E-state index < -0.39 is 6.10 Å². The number of nitrogens with zero attached hydrogens (tertiary/aromatic N) is 2. The van der Waals surface area contributed by atoms with Crippen LogP contribution in [0.4, 0.5) is 0 Å². The number of fused-ring (bicyclic) bond motifs is 1. The number of carbonyl (C=O) groups excluding carboxylic acids is 1. The van der Waals surface area contributed by atoms with Gasteiger partial charge in [0, 0.05) is 30.8 Å². The Labute approximate surface area is 142 Å². The van der Waals surface area contributed by atoms with Crippen molar-refractivity contribution in [2.75, 3.05) is 14.2 Å². The van der Waals surface area contributed by atoms with Crippen LogP contribution >= 0.6 is 0 Å². The molecule has 126 valence electrons. The lowest BCUT2D eigenvalue weighted by Crippen LogP contribution is -2.38. The molecule has 1 aromatic carbocycles. The second-order valence-corrected chi connectivity index (χ2v) is 6.16. The van der Waals surface area contributed by atoms with Crippen molar-refractivity contribution in [3.05, 3.63) is 52.8 Å². The Bertz CT molecular complexity index is 748. The fourth-order valence-electron chi connectivity index (χ4n) is 3.10. The lowest BCUT2D eigenvalue weighted by molar-refractivity contribution is -0.137. The summed E-state index contributed by atoms with van der Waals surface area (Å²) >= 11 is 0. The van der Waals surface area contributed by atoms with E-state index in [0.717, 1.165) is 33.9 Å². The molecule has 0 bridgehead atoms. The molecular weight excluding hydrogens is 304 g/mol. The number of aromatic nitrogens is 1. The van der Waals surface area contributed by atoms with E-state index in [0.29, 0.717) is 13.0 Å². The number of carbonyl (C=O) groups is 1. The van der Waals surface area contributed by atoms with E-state index in [1.807, 2.05) is 38.1 Å². The SMILES string of the molecule is COc1c(C)cnc(CN(C)C(=O)C2Cc3ccccc3O2)c1C. The van der Waals surface area contributed by atoms with Crippen LogP contribution in [0.3, 0.4) is 0 Å². The number of methoxy groups -OCH3 is 1. The molecule has 1 aliphatic rings. The Morgan fingerprint density at radius 3 is 2.83 bits per heavy atom. The quantitative estimate of drug-likeness (QED) is 0.867. The first-order valence-electron chi connectivity index (χ1n) is 8.00. The molecule has 0 saturated heterocycles. The minimum absolute atomic E-state index is 0.0352. The first-order chi connectivity index (χ1) is 11.5. The second kappa shape index (κ2) is 6.51. The third kappa shape index (κ3) is 2.94. The highest BCUT2D eigenvalue weighted by atomic mass is 16.5. The molecule has 0 spiro atoms. The number of likely N-dealkylation sites (N-methyl/N-ethyl adjacent to an activating group) is 1. The minimum atomic E-state index is -0.458. The maximum Gasteiger partial charge on any atom is 0.264 e. The van der Waals surface area contributed by atoms with E-state index in [9.17, 15) is 4.79 Å². The Morgan fingerprint density at radius 1 is 1.38 bits per heavy atom. The first-order valence-corrected chi connectivity index (χ1v) is 8.00. The number of hydrogen-bond donors (Lipinski definition) is 0. The van der Waals surface area contributed by atoms with Crippen LogP contribution in [-0.2, 0) is 17.8 Å². The van der Waals surface area contributed by atoms with Crippen molar-refractivity contribution in [2.45, 2.75) is 32.9 Å². The molecule has 0 fully saturated rings. The van der Waals surface area contributed by atoms with Gasteiger partial charge < -0.3 is 14.4 Å². The number of aryl methyl sites for hydroxylation is 1. The summed E-state index contributed by atoms with van der Waals surface area (Å²) in [7, 11) is 3.43. The maximum absolute atomic E-state index is 12.7. The molecule has 5 nitrogen and oxygen atoms in total. The van der Waals surface area contributed by atoms with Gasteiger partial charge >= 0.3 is 0 Å². The zero-order chi connectivity index (χ0) is 17.3. The third-order valence-electron chi connectivity index (χ3n) is 4.44. The molecule has 2 heterocycles. The van der Waals surface area contributed by atoms with Crippen LogP contribution in [0.5, 0.6) is 11.5 Å². The van der Waals surface area contributed by atoms with Crippen LogP contribution in [0, 0.1) is 13.8 Å². The zero-order valence-electron chi connectivity index (χ0n) is 14.5. The van der Waals surface area contributed by atoms with Crippen LogP contribution in [-0.4, -0.2) is 36.1 Å². The molecule has 3 rings (SSSR count). The molecule has 0 saturated carbocycles. The minimum Gasteiger partial charge on any atom is -0.496 e.